The SMILES string of the molecule is Cc1cc(NC(=O)CCC(=O)N(Cc2ccco2)[C@]2(C(=O)NC3CCCCC3)CCCC[C@H]2C)no1. The quantitative estimate of drug-likeness (QED) is 0.516. The number of nitrogens with zero attached hydrogens (tertiary/aromatic N) is 2. The van der Waals surface area contributed by atoms with Crippen LogP contribution in [-0.2, 0) is 20.9 Å². The highest BCUT2D eigenvalue weighted by atomic mass is 16.5. The summed E-state index contributed by atoms with van der Waals surface area (Å²) in [5.74, 6) is 0.889. The van der Waals surface area contributed by atoms with Crippen LogP contribution in [0.1, 0.15) is 89.1 Å². The van der Waals surface area contributed by atoms with Gasteiger partial charge in [0.1, 0.15) is 17.1 Å². The number of hydrogen-bond donors (Lipinski definition) is 2. The topological polar surface area (TPSA) is 118 Å². The molecule has 2 N–H and O–H groups in total. The Bertz CT molecular complexity index is 1030. The lowest BCUT2D eigenvalue weighted by Crippen LogP contribution is -2.65. The van der Waals surface area contributed by atoms with Crippen molar-refractivity contribution in [1.82, 2.24) is 15.4 Å². The normalized spacial score (nSPS) is 22.7. The molecule has 2 fully saturated rings. The van der Waals surface area contributed by atoms with Crippen molar-refractivity contribution < 1.29 is 23.3 Å². The summed E-state index contributed by atoms with van der Waals surface area (Å²) < 4.78 is 10.6. The van der Waals surface area contributed by atoms with E-state index in [1.165, 1.54) is 6.42 Å². The van der Waals surface area contributed by atoms with Gasteiger partial charge in [-0.3, -0.25) is 14.4 Å². The van der Waals surface area contributed by atoms with Crippen LogP contribution < -0.4 is 10.6 Å². The van der Waals surface area contributed by atoms with E-state index in [4.69, 9.17) is 8.94 Å². The lowest BCUT2D eigenvalue weighted by molar-refractivity contribution is -0.156. The molecule has 196 valence electrons. The van der Waals surface area contributed by atoms with Gasteiger partial charge in [-0.05, 0) is 50.7 Å². The van der Waals surface area contributed by atoms with Crippen molar-refractivity contribution in [2.75, 3.05) is 5.32 Å². The average molecular weight is 499 g/mol. The smallest absolute Gasteiger partial charge is 0.246 e. The molecule has 0 aliphatic heterocycles. The van der Waals surface area contributed by atoms with Gasteiger partial charge in [-0.1, -0.05) is 44.2 Å². The Hall–Kier alpha value is -3.10. The summed E-state index contributed by atoms with van der Waals surface area (Å²) in [5.41, 5.74) is -0.973. The van der Waals surface area contributed by atoms with Crippen molar-refractivity contribution in [3.63, 3.8) is 0 Å². The van der Waals surface area contributed by atoms with Gasteiger partial charge in [0.25, 0.3) is 0 Å². The Labute approximate surface area is 212 Å². The molecular formula is C27H38N4O5. The van der Waals surface area contributed by atoms with Gasteiger partial charge in [0.05, 0.1) is 12.8 Å². The van der Waals surface area contributed by atoms with Gasteiger partial charge in [-0.15, -0.1) is 0 Å². The minimum atomic E-state index is -0.973. The van der Waals surface area contributed by atoms with Crippen molar-refractivity contribution in [2.24, 2.45) is 5.92 Å². The van der Waals surface area contributed by atoms with Gasteiger partial charge >= 0.3 is 0 Å². The number of aromatic nitrogens is 1. The largest absolute Gasteiger partial charge is 0.467 e. The third-order valence-electron chi connectivity index (χ3n) is 7.73. The van der Waals surface area contributed by atoms with Crippen molar-refractivity contribution in [2.45, 2.75) is 103 Å². The van der Waals surface area contributed by atoms with E-state index in [0.29, 0.717) is 23.8 Å². The van der Waals surface area contributed by atoms with Crippen LogP contribution in [0.4, 0.5) is 5.82 Å². The highest BCUT2D eigenvalue weighted by molar-refractivity contribution is 5.95. The molecule has 0 spiro atoms. The van der Waals surface area contributed by atoms with Crippen molar-refractivity contribution in [3.05, 3.63) is 36.0 Å². The van der Waals surface area contributed by atoms with Crippen LogP contribution in [0.15, 0.2) is 33.4 Å². The van der Waals surface area contributed by atoms with Gasteiger partial charge in [0.15, 0.2) is 5.82 Å². The molecule has 2 heterocycles. The Morgan fingerprint density at radius 3 is 2.56 bits per heavy atom. The van der Waals surface area contributed by atoms with E-state index in [1.54, 1.807) is 30.2 Å². The van der Waals surface area contributed by atoms with Crippen LogP contribution in [0.5, 0.6) is 0 Å². The molecule has 2 aliphatic rings. The zero-order chi connectivity index (χ0) is 25.5. The van der Waals surface area contributed by atoms with Gasteiger partial charge in [-0.25, -0.2) is 0 Å². The fraction of sp³-hybridized carbons (Fsp3) is 0.630. The zero-order valence-corrected chi connectivity index (χ0v) is 21.4. The van der Waals surface area contributed by atoms with E-state index >= 15 is 0 Å². The minimum absolute atomic E-state index is 0.0133. The molecule has 3 amide bonds. The molecule has 2 saturated carbocycles. The third-order valence-corrected chi connectivity index (χ3v) is 7.73. The summed E-state index contributed by atoms with van der Waals surface area (Å²) >= 11 is 0. The molecule has 2 aliphatic carbocycles. The average Bonchev–Trinajstić information content (AvgIpc) is 3.54. The molecule has 0 radical (unpaired) electrons. The predicted molar refractivity (Wildman–Crippen MR) is 134 cm³/mol. The van der Waals surface area contributed by atoms with Crippen LogP contribution in [0.2, 0.25) is 0 Å². The highest BCUT2D eigenvalue weighted by Crippen LogP contribution is 2.40. The van der Waals surface area contributed by atoms with E-state index in [9.17, 15) is 14.4 Å². The molecule has 9 heteroatoms. The number of aryl methyl sites for hydroxylation is 1. The van der Waals surface area contributed by atoms with Crippen molar-refractivity contribution in [1.29, 1.82) is 0 Å². The second kappa shape index (κ2) is 11.8. The number of rotatable bonds is 9. The minimum Gasteiger partial charge on any atom is -0.467 e. The maximum absolute atomic E-state index is 14.0. The molecule has 2 aromatic rings. The number of amides is 3. The van der Waals surface area contributed by atoms with Gasteiger partial charge in [0, 0.05) is 24.9 Å². The fourth-order valence-corrected chi connectivity index (χ4v) is 5.74. The van der Waals surface area contributed by atoms with Crippen LogP contribution in [-0.4, -0.2) is 39.4 Å². The summed E-state index contributed by atoms with van der Waals surface area (Å²) in [5, 5.41) is 9.75. The zero-order valence-electron chi connectivity index (χ0n) is 21.4. The van der Waals surface area contributed by atoms with E-state index < -0.39 is 5.54 Å². The lowest BCUT2D eigenvalue weighted by Gasteiger charge is -2.49. The molecule has 0 saturated heterocycles. The highest BCUT2D eigenvalue weighted by Gasteiger charge is 2.51. The first-order valence-corrected chi connectivity index (χ1v) is 13.3. The summed E-state index contributed by atoms with van der Waals surface area (Å²) in [6.45, 7) is 4.00. The summed E-state index contributed by atoms with van der Waals surface area (Å²) in [6.07, 6.45) is 10.3. The second-order valence-electron chi connectivity index (χ2n) is 10.3. The maximum Gasteiger partial charge on any atom is 0.246 e. The third kappa shape index (κ3) is 5.99. The van der Waals surface area contributed by atoms with Crippen LogP contribution in [0.25, 0.3) is 0 Å². The maximum atomic E-state index is 14.0. The molecule has 0 unspecified atom stereocenters. The van der Waals surface area contributed by atoms with Crippen LogP contribution >= 0.6 is 0 Å². The fourth-order valence-electron chi connectivity index (χ4n) is 5.74. The Morgan fingerprint density at radius 1 is 1.11 bits per heavy atom. The number of anilines is 1. The number of carbonyl (C=O) groups excluding carboxylic acids is 3. The summed E-state index contributed by atoms with van der Waals surface area (Å²) in [4.78, 5) is 42.0. The van der Waals surface area contributed by atoms with Gasteiger partial charge < -0.3 is 24.5 Å². The number of furan rings is 1. The second-order valence-corrected chi connectivity index (χ2v) is 10.3. The number of hydrogen-bond acceptors (Lipinski definition) is 6. The molecule has 2 atom stereocenters. The molecule has 36 heavy (non-hydrogen) atoms. The Balaban J connectivity index is 1.54. The van der Waals surface area contributed by atoms with Crippen LogP contribution in [0.3, 0.4) is 0 Å². The van der Waals surface area contributed by atoms with Crippen molar-refractivity contribution in [3.8, 4) is 0 Å². The van der Waals surface area contributed by atoms with E-state index in [0.717, 1.165) is 44.9 Å². The molecular weight excluding hydrogens is 460 g/mol. The summed E-state index contributed by atoms with van der Waals surface area (Å²) in [6, 6.07) is 5.37. The van der Waals surface area contributed by atoms with E-state index in [2.05, 4.69) is 22.7 Å². The lowest BCUT2D eigenvalue weighted by atomic mass is 9.71. The molecule has 0 aromatic carbocycles. The molecule has 0 bridgehead atoms. The first kappa shape index (κ1) is 26.0. The number of carbonyl (C=O) groups is 3. The van der Waals surface area contributed by atoms with Gasteiger partial charge in [0.2, 0.25) is 17.7 Å². The first-order valence-electron chi connectivity index (χ1n) is 13.3. The molecule has 9 nitrogen and oxygen atoms in total. The predicted octanol–water partition coefficient (Wildman–Crippen LogP) is 4.72. The van der Waals surface area contributed by atoms with Crippen molar-refractivity contribution >= 4 is 23.5 Å². The van der Waals surface area contributed by atoms with Crippen LogP contribution in [0, 0.1) is 12.8 Å². The molecule has 4 rings (SSSR count). The first-order chi connectivity index (χ1) is 17.4. The summed E-state index contributed by atoms with van der Waals surface area (Å²) in [7, 11) is 0. The molecule has 2 aromatic heterocycles. The standard InChI is InChI=1S/C27H38N4O5/c1-19-9-6-7-15-27(19,26(34)28-21-10-4-3-5-11-21)31(18-22-12-8-16-35-22)25(33)14-13-24(32)29-23-17-20(2)36-30-23/h8,12,16-17,19,21H,3-7,9-11,13-15,18H2,1-2H3,(H,28,34)(H,29,30,32)/t19-,27-/m1/s1. The van der Waals surface area contributed by atoms with Gasteiger partial charge in [-0.2, -0.15) is 0 Å². The van der Waals surface area contributed by atoms with E-state index in [-0.39, 0.29) is 49.1 Å². The Morgan fingerprint density at radius 2 is 1.89 bits per heavy atom. The Kier molecular flexibility index (Phi) is 8.48. The van der Waals surface area contributed by atoms with E-state index in [1.807, 2.05) is 6.07 Å². The number of nitrogens with one attached hydrogen (secondary N) is 2. The monoisotopic (exact) mass is 498 g/mol.